The van der Waals surface area contributed by atoms with Gasteiger partial charge in [0.25, 0.3) is 11.5 Å². The second-order valence-electron chi connectivity index (χ2n) is 5.22. The van der Waals surface area contributed by atoms with Crippen LogP contribution in [0.15, 0.2) is 41.2 Å². The average molecular weight is 350 g/mol. The number of nitrogens with zero attached hydrogens (tertiary/aromatic N) is 3. The van der Waals surface area contributed by atoms with Crippen LogP contribution >= 0.6 is 11.6 Å². The molecule has 0 fully saturated rings. The van der Waals surface area contributed by atoms with E-state index in [9.17, 15) is 9.59 Å². The highest BCUT2D eigenvalue weighted by molar-refractivity contribution is 6.30. The van der Waals surface area contributed by atoms with E-state index in [1.807, 2.05) is 25.1 Å². The van der Waals surface area contributed by atoms with E-state index in [2.05, 4.69) is 5.10 Å². The maximum absolute atomic E-state index is 12.7. The van der Waals surface area contributed by atoms with E-state index < -0.39 is 0 Å². The molecular weight excluding hydrogens is 330 g/mol. The zero-order chi connectivity index (χ0) is 17.5. The van der Waals surface area contributed by atoms with E-state index in [-0.39, 0.29) is 17.2 Å². The second kappa shape index (κ2) is 8.61. The first-order valence-corrected chi connectivity index (χ1v) is 8.03. The maximum atomic E-state index is 12.7. The number of ether oxygens (including phenoxy) is 1. The van der Waals surface area contributed by atoms with Gasteiger partial charge in [0.15, 0.2) is 0 Å². The standard InChI is InChI=1S/C17H20ClN3O3/c1-3-20(12-13-5-4-6-14(18)11-13)17(23)15-7-8-16(22)21(19-15)9-10-24-2/h4-8,11H,3,9-10,12H2,1-2H3. The van der Waals surface area contributed by atoms with Crippen molar-refractivity contribution >= 4 is 17.5 Å². The molecule has 1 amide bonds. The van der Waals surface area contributed by atoms with Crippen molar-refractivity contribution in [2.24, 2.45) is 0 Å². The summed E-state index contributed by atoms with van der Waals surface area (Å²) in [6, 6.07) is 10.2. The number of rotatable bonds is 7. The minimum absolute atomic E-state index is 0.231. The molecule has 0 radical (unpaired) electrons. The molecule has 1 aromatic heterocycles. The Morgan fingerprint density at radius 3 is 2.79 bits per heavy atom. The van der Waals surface area contributed by atoms with Crippen molar-refractivity contribution in [1.29, 1.82) is 0 Å². The van der Waals surface area contributed by atoms with Gasteiger partial charge in [0.05, 0.1) is 13.2 Å². The predicted molar refractivity (Wildman–Crippen MR) is 92.2 cm³/mol. The summed E-state index contributed by atoms with van der Waals surface area (Å²) in [6.45, 7) is 3.49. The van der Waals surface area contributed by atoms with Crippen LogP contribution in [0.3, 0.4) is 0 Å². The summed E-state index contributed by atoms with van der Waals surface area (Å²) in [5.74, 6) is -0.233. The first-order valence-electron chi connectivity index (χ1n) is 7.66. The van der Waals surface area contributed by atoms with Gasteiger partial charge in [0.2, 0.25) is 0 Å². The van der Waals surface area contributed by atoms with Crippen molar-refractivity contribution in [3.8, 4) is 0 Å². The number of carbonyl (C=O) groups excluding carboxylic acids is 1. The van der Waals surface area contributed by atoms with Gasteiger partial charge in [-0.25, -0.2) is 4.68 Å². The molecule has 2 rings (SSSR count). The smallest absolute Gasteiger partial charge is 0.274 e. The van der Waals surface area contributed by atoms with Gasteiger partial charge in [0, 0.05) is 31.3 Å². The third-order valence-corrected chi connectivity index (χ3v) is 3.76. The molecule has 6 nitrogen and oxygen atoms in total. The summed E-state index contributed by atoms with van der Waals surface area (Å²) in [5.41, 5.74) is 0.904. The van der Waals surface area contributed by atoms with Crippen LogP contribution in [0.25, 0.3) is 0 Å². The van der Waals surface area contributed by atoms with Crippen molar-refractivity contribution in [3.63, 3.8) is 0 Å². The Labute approximate surface area is 145 Å². The molecule has 0 spiro atoms. The normalized spacial score (nSPS) is 10.6. The Bertz CT molecular complexity index is 761. The zero-order valence-corrected chi connectivity index (χ0v) is 14.5. The molecule has 24 heavy (non-hydrogen) atoms. The lowest BCUT2D eigenvalue weighted by molar-refractivity contribution is 0.0742. The van der Waals surface area contributed by atoms with Crippen LogP contribution in [0.2, 0.25) is 5.02 Å². The van der Waals surface area contributed by atoms with Crippen LogP contribution in [0.4, 0.5) is 0 Å². The van der Waals surface area contributed by atoms with E-state index in [0.29, 0.717) is 31.3 Å². The molecule has 0 aliphatic rings. The van der Waals surface area contributed by atoms with Gasteiger partial charge < -0.3 is 9.64 Å². The van der Waals surface area contributed by atoms with Gasteiger partial charge in [-0.15, -0.1) is 0 Å². The summed E-state index contributed by atoms with van der Waals surface area (Å²) in [6.07, 6.45) is 0. The lowest BCUT2D eigenvalue weighted by Crippen LogP contribution is -2.33. The largest absolute Gasteiger partial charge is 0.383 e. The molecule has 7 heteroatoms. The predicted octanol–water partition coefficient (Wildman–Crippen LogP) is 2.21. The molecule has 0 N–H and O–H groups in total. The van der Waals surface area contributed by atoms with E-state index in [4.69, 9.17) is 16.3 Å². The number of hydrogen-bond donors (Lipinski definition) is 0. The van der Waals surface area contributed by atoms with Crippen molar-refractivity contribution in [2.45, 2.75) is 20.0 Å². The van der Waals surface area contributed by atoms with Crippen molar-refractivity contribution in [3.05, 3.63) is 63.0 Å². The number of benzene rings is 1. The number of halogens is 1. The molecule has 0 aliphatic carbocycles. The maximum Gasteiger partial charge on any atom is 0.274 e. The first-order chi connectivity index (χ1) is 11.5. The molecule has 1 heterocycles. The molecule has 0 bridgehead atoms. The van der Waals surface area contributed by atoms with Crippen molar-refractivity contribution < 1.29 is 9.53 Å². The highest BCUT2D eigenvalue weighted by Gasteiger charge is 2.17. The highest BCUT2D eigenvalue weighted by Crippen LogP contribution is 2.13. The van der Waals surface area contributed by atoms with E-state index in [1.165, 1.54) is 16.8 Å². The lowest BCUT2D eigenvalue weighted by Gasteiger charge is -2.21. The van der Waals surface area contributed by atoms with Gasteiger partial charge >= 0.3 is 0 Å². The number of aromatic nitrogens is 2. The summed E-state index contributed by atoms with van der Waals surface area (Å²) in [5, 5.41) is 4.77. The van der Waals surface area contributed by atoms with Crippen molar-refractivity contribution in [1.82, 2.24) is 14.7 Å². The number of carbonyl (C=O) groups is 1. The van der Waals surface area contributed by atoms with Gasteiger partial charge in [0.1, 0.15) is 5.69 Å². The molecule has 0 saturated carbocycles. The van der Waals surface area contributed by atoms with Crippen LogP contribution in [-0.4, -0.2) is 40.8 Å². The SMILES string of the molecule is CCN(Cc1cccc(Cl)c1)C(=O)c1ccc(=O)n(CCOC)n1. The first kappa shape index (κ1) is 18.2. The summed E-state index contributed by atoms with van der Waals surface area (Å²) < 4.78 is 6.19. The monoisotopic (exact) mass is 349 g/mol. The summed E-state index contributed by atoms with van der Waals surface area (Å²) in [4.78, 5) is 26.1. The minimum atomic E-state index is -0.263. The molecule has 2 aromatic rings. The van der Waals surface area contributed by atoms with Crippen molar-refractivity contribution in [2.75, 3.05) is 20.3 Å². The molecule has 0 atom stereocenters. The summed E-state index contributed by atoms with van der Waals surface area (Å²) >= 11 is 5.99. The van der Waals surface area contributed by atoms with Crippen LogP contribution in [-0.2, 0) is 17.8 Å². The Balaban J connectivity index is 2.20. The van der Waals surface area contributed by atoms with E-state index in [0.717, 1.165) is 5.56 Å². The molecule has 0 saturated heterocycles. The quantitative estimate of drug-likeness (QED) is 0.768. The molecule has 128 valence electrons. The Hall–Kier alpha value is -2.18. The van der Waals surface area contributed by atoms with Crippen LogP contribution < -0.4 is 5.56 Å². The number of hydrogen-bond acceptors (Lipinski definition) is 4. The fourth-order valence-electron chi connectivity index (χ4n) is 2.25. The third-order valence-electron chi connectivity index (χ3n) is 3.52. The number of amides is 1. The molecule has 0 unspecified atom stereocenters. The zero-order valence-electron chi connectivity index (χ0n) is 13.7. The van der Waals surface area contributed by atoms with Gasteiger partial charge in [-0.3, -0.25) is 9.59 Å². The fraction of sp³-hybridized carbons (Fsp3) is 0.353. The van der Waals surface area contributed by atoms with Crippen LogP contribution in [0.5, 0.6) is 0 Å². The Kier molecular flexibility index (Phi) is 6.52. The fourth-order valence-corrected chi connectivity index (χ4v) is 2.46. The van der Waals surface area contributed by atoms with E-state index in [1.54, 1.807) is 18.1 Å². The molecule has 0 aliphatic heterocycles. The number of methoxy groups -OCH3 is 1. The summed E-state index contributed by atoms with van der Waals surface area (Å²) in [7, 11) is 1.55. The van der Waals surface area contributed by atoms with E-state index >= 15 is 0 Å². The van der Waals surface area contributed by atoms with Crippen LogP contribution in [0, 0.1) is 0 Å². The topological polar surface area (TPSA) is 64.4 Å². The second-order valence-corrected chi connectivity index (χ2v) is 5.66. The van der Waals surface area contributed by atoms with Crippen LogP contribution in [0.1, 0.15) is 23.0 Å². The molecule has 1 aromatic carbocycles. The van der Waals surface area contributed by atoms with Gasteiger partial charge in [-0.2, -0.15) is 5.10 Å². The Morgan fingerprint density at radius 1 is 1.33 bits per heavy atom. The Morgan fingerprint density at radius 2 is 2.12 bits per heavy atom. The molecular formula is C17H20ClN3O3. The third kappa shape index (κ3) is 4.66. The minimum Gasteiger partial charge on any atom is -0.383 e. The van der Waals surface area contributed by atoms with Gasteiger partial charge in [-0.05, 0) is 30.7 Å². The lowest BCUT2D eigenvalue weighted by atomic mass is 10.2. The average Bonchev–Trinajstić information content (AvgIpc) is 2.58. The van der Waals surface area contributed by atoms with Gasteiger partial charge in [-0.1, -0.05) is 23.7 Å². The highest BCUT2D eigenvalue weighted by atomic mass is 35.5.